The van der Waals surface area contributed by atoms with E-state index in [1.54, 1.807) is 6.92 Å². The van der Waals surface area contributed by atoms with Crippen molar-refractivity contribution in [3.63, 3.8) is 0 Å². The lowest BCUT2D eigenvalue weighted by Gasteiger charge is -2.07. The monoisotopic (exact) mass is 181 g/mol. The van der Waals surface area contributed by atoms with Crippen molar-refractivity contribution in [2.24, 2.45) is 0 Å². The fourth-order valence-corrected chi connectivity index (χ4v) is 1.41. The van der Waals surface area contributed by atoms with Gasteiger partial charge < -0.3 is 5.32 Å². The second kappa shape index (κ2) is 7.67. The minimum Gasteiger partial charge on any atom is -0.343 e. The summed E-state index contributed by atoms with van der Waals surface area (Å²) in [5.41, 5.74) is 0. The standard InChI is InChI=1S/C9H13NO.C2H6/c1-2-5-9(11)10-8-6-3-4-7-8;1-2/h8H,3-4,6-7H2,1H3,(H,10,11);1-2H3. The largest absolute Gasteiger partial charge is 0.343 e. The van der Waals surface area contributed by atoms with Crippen LogP contribution in [0.2, 0.25) is 0 Å². The molecule has 1 aliphatic carbocycles. The third-order valence-electron chi connectivity index (χ3n) is 1.93. The number of hydrogen-bond acceptors (Lipinski definition) is 1. The van der Waals surface area contributed by atoms with E-state index in [0.717, 1.165) is 12.8 Å². The van der Waals surface area contributed by atoms with Gasteiger partial charge in [0.25, 0.3) is 5.91 Å². The van der Waals surface area contributed by atoms with Gasteiger partial charge in [-0.15, -0.1) is 0 Å². The summed E-state index contributed by atoms with van der Waals surface area (Å²) in [5.74, 6) is 4.93. The van der Waals surface area contributed by atoms with Crippen molar-refractivity contribution in [3.05, 3.63) is 0 Å². The zero-order valence-electron chi connectivity index (χ0n) is 8.81. The maximum absolute atomic E-state index is 10.9. The average molecular weight is 181 g/mol. The average Bonchev–Trinajstić information content (AvgIpc) is 2.61. The molecule has 0 saturated heterocycles. The molecule has 0 aromatic heterocycles. The highest BCUT2D eigenvalue weighted by atomic mass is 16.1. The van der Waals surface area contributed by atoms with E-state index in [-0.39, 0.29) is 5.91 Å². The summed E-state index contributed by atoms with van der Waals surface area (Å²) < 4.78 is 0. The first kappa shape index (κ1) is 12.0. The van der Waals surface area contributed by atoms with E-state index in [4.69, 9.17) is 0 Å². The maximum atomic E-state index is 10.9. The van der Waals surface area contributed by atoms with Crippen LogP contribution in [0.25, 0.3) is 0 Å². The molecule has 13 heavy (non-hydrogen) atoms. The van der Waals surface area contributed by atoms with Crippen molar-refractivity contribution in [3.8, 4) is 11.8 Å². The summed E-state index contributed by atoms with van der Waals surface area (Å²) in [4.78, 5) is 10.9. The predicted molar refractivity (Wildman–Crippen MR) is 55.2 cm³/mol. The van der Waals surface area contributed by atoms with Crippen LogP contribution in [0, 0.1) is 11.8 Å². The highest BCUT2D eigenvalue weighted by molar-refractivity contribution is 5.93. The van der Waals surface area contributed by atoms with Gasteiger partial charge in [-0.3, -0.25) is 4.79 Å². The highest BCUT2D eigenvalue weighted by Crippen LogP contribution is 2.17. The van der Waals surface area contributed by atoms with Gasteiger partial charge in [-0.05, 0) is 25.7 Å². The quantitative estimate of drug-likeness (QED) is 0.617. The second-order valence-corrected chi connectivity index (χ2v) is 2.83. The third-order valence-corrected chi connectivity index (χ3v) is 1.93. The first-order chi connectivity index (χ1) is 6.33. The first-order valence-corrected chi connectivity index (χ1v) is 5.06. The van der Waals surface area contributed by atoms with E-state index < -0.39 is 0 Å². The van der Waals surface area contributed by atoms with Crippen LogP contribution in [0.5, 0.6) is 0 Å². The van der Waals surface area contributed by atoms with E-state index in [9.17, 15) is 4.79 Å². The molecule has 1 aliphatic rings. The third kappa shape index (κ3) is 5.30. The molecule has 1 saturated carbocycles. The molecule has 0 aromatic carbocycles. The molecule has 2 nitrogen and oxygen atoms in total. The van der Waals surface area contributed by atoms with Gasteiger partial charge in [0.2, 0.25) is 0 Å². The summed E-state index contributed by atoms with van der Waals surface area (Å²) in [6.45, 7) is 5.67. The summed E-state index contributed by atoms with van der Waals surface area (Å²) in [5, 5.41) is 2.87. The van der Waals surface area contributed by atoms with Crippen LogP contribution in [0.1, 0.15) is 46.5 Å². The van der Waals surface area contributed by atoms with Crippen molar-refractivity contribution in [2.45, 2.75) is 52.5 Å². The van der Waals surface area contributed by atoms with E-state index in [2.05, 4.69) is 17.2 Å². The number of carbonyl (C=O) groups is 1. The van der Waals surface area contributed by atoms with Crippen LogP contribution in [0.15, 0.2) is 0 Å². The Kier molecular flexibility index (Phi) is 7.10. The Bertz CT molecular complexity index is 194. The number of rotatable bonds is 1. The van der Waals surface area contributed by atoms with Gasteiger partial charge in [0.05, 0.1) is 0 Å². The van der Waals surface area contributed by atoms with Crippen molar-refractivity contribution in [1.82, 2.24) is 5.32 Å². The molecule has 1 N–H and O–H groups in total. The summed E-state index contributed by atoms with van der Waals surface area (Å²) in [6, 6.07) is 0.392. The Balaban J connectivity index is 0.000000671. The maximum Gasteiger partial charge on any atom is 0.296 e. The Morgan fingerprint density at radius 2 is 1.85 bits per heavy atom. The number of amides is 1. The molecule has 0 radical (unpaired) electrons. The van der Waals surface area contributed by atoms with Crippen LogP contribution >= 0.6 is 0 Å². The molecular formula is C11H19NO. The van der Waals surface area contributed by atoms with Gasteiger partial charge in [0.15, 0.2) is 0 Å². The van der Waals surface area contributed by atoms with Gasteiger partial charge in [-0.25, -0.2) is 0 Å². The van der Waals surface area contributed by atoms with Crippen LogP contribution in [0.4, 0.5) is 0 Å². The van der Waals surface area contributed by atoms with E-state index in [1.807, 2.05) is 13.8 Å². The molecule has 0 aliphatic heterocycles. The summed E-state index contributed by atoms with van der Waals surface area (Å²) >= 11 is 0. The Hall–Kier alpha value is -0.970. The second-order valence-electron chi connectivity index (χ2n) is 2.83. The lowest BCUT2D eigenvalue weighted by Crippen LogP contribution is -2.31. The lowest BCUT2D eigenvalue weighted by atomic mass is 10.2. The fourth-order valence-electron chi connectivity index (χ4n) is 1.41. The highest BCUT2D eigenvalue weighted by Gasteiger charge is 2.15. The molecule has 2 heteroatoms. The zero-order chi connectivity index (χ0) is 10.1. The van der Waals surface area contributed by atoms with Crippen molar-refractivity contribution in [1.29, 1.82) is 0 Å². The van der Waals surface area contributed by atoms with E-state index in [1.165, 1.54) is 12.8 Å². The molecule has 0 unspecified atom stereocenters. The normalized spacial score (nSPS) is 15.0. The molecule has 74 valence electrons. The molecule has 0 bridgehead atoms. The minimum atomic E-state index is -0.126. The minimum absolute atomic E-state index is 0.126. The topological polar surface area (TPSA) is 29.1 Å². The molecule has 1 amide bonds. The first-order valence-electron chi connectivity index (χ1n) is 5.06. The van der Waals surface area contributed by atoms with Crippen LogP contribution < -0.4 is 5.32 Å². The van der Waals surface area contributed by atoms with Crippen LogP contribution in [-0.4, -0.2) is 11.9 Å². The molecular weight excluding hydrogens is 162 g/mol. The number of hydrogen-bond donors (Lipinski definition) is 1. The predicted octanol–water partition coefficient (Wildman–Crippen LogP) is 2.09. The molecule has 0 aromatic rings. The van der Waals surface area contributed by atoms with E-state index >= 15 is 0 Å². The van der Waals surface area contributed by atoms with Gasteiger partial charge >= 0.3 is 0 Å². The van der Waals surface area contributed by atoms with E-state index in [0.29, 0.717) is 6.04 Å². The molecule has 0 heterocycles. The van der Waals surface area contributed by atoms with Crippen LogP contribution in [-0.2, 0) is 4.79 Å². The van der Waals surface area contributed by atoms with Crippen LogP contribution in [0.3, 0.4) is 0 Å². The Morgan fingerprint density at radius 3 is 2.31 bits per heavy atom. The summed E-state index contributed by atoms with van der Waals surface area (Å²) in [7, 11) is 0. The fraction of sp³-hybridized carbons (Fsp3) is 0.727. The van der Waals surface area contributed by atoms with Crippen molar-refractivity contribution < 1.29 is 4.79 Å². The zero-order valence-corrected chi connectivity index (χ0v) is 8.81. The van der Waals surface area contributed by atoms with Crippen molar-refractivity contribution in [2.75, 3.05) is 0 Å². The molecule has 1 rings (SSSR count). The van der Waals surface area contributed by atoms with Crippen molar-refractivity contribution >= 4 is 5.91 Å². The SMILES string of the molecule is CC.CC#CC(=O)NC1CCCC1. The molecule has 0 atom stereocenters. The van der Waals surface area contributed by atoms with Gasteiger partial charge in [-0.2, -0.15) is 0 Å². The summed E-state index contributed by atoms with van der Waals surface area (Å²) in [6.07, 6.45) is 4.73. The Labute approximate surface area is 81.1 Å². The number of nitrogens with one attached hydrogen (secondary N) is 1. The number of carbonyl (C=O) groups excluding carboxylic acids is 1. The molecule has 1 fully saturated rings. The smallest absolute Gasteiger partial charge is 0.296 e. The van der Waals surface area contributed by atoms with Gasteiger partial charge in [-0.1, -0.05) is 32.6 Å². The lowest BCUT2D eigenvalue weighted by molar-refractivity contribution is -0.116. The van der Waals surface area contributed by atoms with Gasteiger partial charge in [0.1, 0.15) is 0 Å². The Morgan fingerprint density at radius 1 is 1.31 bits per heavy atom. The van der Waals surface area contributed by atoms with Gasteiger partial charge in [0, 0.05) is 6.04 Å². The molecule has 0 spiro atoms.